The lowest BCUT2D eigenvalue weighted by atomic mass is 9.98. The summed E-state index contributed by atoms with van der Waals surface area (Å²) >= 11 is 0. The highest BCUT2D eigenvalue weighted by molar-refractivity contribution is 5.74. The summed E-state index contributed by atoms with van der Waals surface area (Å²) in [4.78, 5) is 51.2. The number of carboxylic acid groups (broad SMARTS) is 1. The van der Waals surface area contributed by atoms with Gasteiger partial charge >= 0.3 is 23.9 Å². The first kappa shape index (κ1) is 72.9. The molecule has 1 fully saturated rings. The number of hydrogen-bond acceptors (Lipinski definition) is 11. The van der Waals surface area contributed by atoms with Gasteiger partial charge in [-0.1, -0.05) is 228 Å². The minimum Gasteiger partial charge on any atom is -0.479 e. The summed E-state index contributed by atoms with van der Waals surface area (Å²) in [7, 11) is 0. The maximum atomic E-state index is 13.1. The average molecular weight is 1110 g/mol. The Labute approximate surface area is 480 Å². The van der Waals surface area contributed by atoms with Gasteiger partial charge in [-0.25, -0.2) is 4.79 Å². The normalized spacial score (nSPS) is 18.4. The van der Waals surface area contributed by atoms with E-state index in [0.717, 1.165) is 89.9 Å². The number of aliphatic carboxylic acids is 1. The van der Waals surface area contributed by atoms with E-state index in [0.29, 0.717) is 25.7 Å². The summed E-state index contributed by atoms with van der Waals surface area (Å²) < 4.78 is 28.4. The van der Waals surface area contributed by atoms with Gasteiger partial charge < -0.3 is 39.0 Å². The van der Waals surface area contributed by atoms with Crippen LogP contribution >= 0.6 is 0 Å². The summed E-state index contributed by atoms with van der Waals surface area (Å²) in [5, 5.41) is 31.5. The van der Waals surface area contributed by atoms with E-state index in [1.165, 1.54) is 109 Å². The Morgan fingerprint density at radius 1 is 0.430 bits per heavy atom. The molecule has 0 spiro atoms. The van der Waals surface area contributed by atoms with E-state index in [4.69, 9.17) is 23.7 Å². The maximum Gasteiger partial charge on any atom is 0.335 e. The molecule has 1 aliphatic heterocycles. The summed E-state index contributed by atoms with van der Waals surface area (Å²) in [5.41, 5.74) is 0. The van der Waals surface area contributed by atoms with Crippen LogP contribution in [-0.4, -0.2) is 89.2 Å². The minimum atomic E-state index is -1.92. The van der Waals surface area contributed by atoms with Crippen LogP contribution in [0.25, 0.3) is 0 Å². The van der Waals surface area contributed by atoms with Gasteiger partial charge in [-0.15, -0.1) is 0 Å². The van der Waals surface area contributed by atoms with Gasteiger partial charge in [0.25, 0.3) is 0 Å². The number of aliphatic hydroxyl groups excluding tert-OH is 2. The fourth-order valence-corrected chi connectivity index (χ4v) is 9.11. The van der Waals surface area contributed by atoms with Crippen LogP contribution in [0.15, 0.2) is 85.1 Å². The molecule has 452 valence electrons. The Morgan fingerprint density at radius 3 is 1.30 bits per heavy atom. The first-order valence-corrected chi connectivity index (χ1v) is 31.6. The number of allylic oxidation sites excluding steroid dienone is 14. The van der Waals surface area contributed by atoms with E-state index in [1.807, 2.05) is 12.2 Å². The van der Waals surface area contributed by atoms with Crippen LogP contribution in [0.5, 0.6) is 0 Å². The van der Waals surface area contributed by atoms with Crippen molar-refractivity contribution in [1.82, 2.24) is 0 Å². The van der Waals surface area contributed by atoms with Gasteiger partial charge in [0.1, 0.15) is 18.8 Å². The van der Waals surface area contributed by atoms with E-state index in [9.17, 15) is 34.5 Å². The summed E-state index contributed by atoms with van der Waals surface area (Å²) in [6.45, 7) is 5.80. The minimum absolute atomic E-state index is 0.0382. The van der Waals surface area contributed by atoms with Gasteiger partial charge in [-0.3, -0.25) is 14.4 Å². The number of esters is 3. The Hall–Kier alpha value is -4.10. The molecule has 0 amide bonds. The molecule has 0 saturated carbocycles. The number of hydrogen-bond donors (Lipinski definition) is 3. The molecular formula is C67H112O12. The molecule has 1 aliphatic rings. The predicted octanol–water partition coefficient (Wildman–Crippen LogP) is 16.7. The van der Waals surface area contributed by atoms with Crippen molar-refractivity contribution in [3.8, 4) is 0 Å². The zero-order chi connectivity index (χ0) is 57.5. The smallest absolute Gasteiger partial charge is 0.335 e. The molecule has 0 aromatic heterocycles. The molecule has 1 rings (SSSR count). The molecule has 12 heteroatoms. The first-order valence-electron chi connectivity index (χ1n) is 31.6. The van der Waals surface area contributed by atoms with Gasteiger partial charge in [0.05, 0.1) is 6.61 Å². The maximum absolute atomic E-state index is 13.1. The molecule has 1 saturated heterocycles. The molecular weight excluding hydrogens is 997 g/mol. The van der Waals surface area contributed by atoms with E-state index in [1.54, 1.807) is 0 Å². The van der Waals surface area contributed by atoms with Crippen LogP contribution in [0.4, 0.5) is 0 Å². The van der Waals surface area contributed by atoms with Crippen molar-refractivity contribution in [2.75, 3.05) is 13.2 Å². The second kappa shape index (κ2) is 54.5. The first-order chi connectivity index (χ1) is 38.6. The monoisotopic (exact) mass is 1110 g/mol. The summed E-state index contributed by atoms with van der Waals surface area (Å²) in [6.07, 6.45) is 58.5. The summed E-state index contributed by atoms with van der Waals surface area (Å²) in [6, 6.07) is 0. The third kappa shape index (κ3) is 44.3. The second-order valence-electron chi connectivity index (χ2n) is 21.3. The molecule has 6 atom stereocenters. The van der Waals surface area contributed by atoms with Crippen molar-refractivity contribution < 1.29 is 58.2 Å². The van der Waals surface area contributed by atoms with Crippen LogP contribution in [0, 0.1) is 0 Å². The zero-order valence-corrected chi connectivity index (χ0v) is 49.8. The fraction of sp³-hybridized carbons (Fsp3) is 0.731. The number of carboxylic acids is 1. The van der Waals surface area contributed by atoms with Crippen molar-refractivity contribution >= 4 is 23.9 Å². The Bertz CT molecular complexity index is 1700. The van der Waals surface area contributed by atoms with Crippen molar-refractivity contribution in [3.63, 3.8) is 0 Å². The molecule has 1 heterocycles. The number of unbranched alkanes of at least 4 members (excludes halogenated alkanes) is 25. The molecule has 0 aromatic rings. The van der Waals surface area contributed by atoms with E-state index < -0.39 is 67.3 Å². The van der Waals surface area contributed by atoms with Crippen molar-refractivity contribution in [1.29, 1.82) is 0 Å². The quantitative estimate of drug-likeness (QED) is 0.0228. The Balaban J connectivity index is 2.68. The van der Waals surface area contributed by atoms with Crippen molar-refractivity contribution in [2.24, 2.45) is 0 Å². The summed E-state index contributed by atoms with van der Waals surface area (Å²) in [5.74, 6) is -3.24. The zero-order valence-electron chi connectivity index (χ0n) is 49.8. The van der Waals surface area contributed by atoms with Crippen LogP contribution in [0.1, 0.15) is 265 Å². The lowest BCUT2D eigenvalue weighted by molar-refractivity contribution is -0.301. The number of rotatable bonds is 53. The predicted molar refractivity (Wildman–Crippen MR) is 321 cm³/mol. The molecule has 3 N–H and O–H groups in total. The van der Waals surface area contributed by atoms with Gasteiger partial charge in [0, 0.05) is 19.3 Å². The standard InChI is InChI=1S/C67H112O12/c1-4-7-10-13-16-19-22-25-27-29-30-32-33-36-38-41-44-47-50-53-59(68)75-56-58(77-60(69)54-51-48-45-42-39-35-24-21-18-15-12-9-6-3)57-76-67-65(63(72)62(71)64(79-67)66(73)74)78-61(70)55-52-49-46-43-40-37-34-31-28-26-23-20-17-14-11-8-5-2/h9,12,16,18-19,21,25-28,35,39,45,48,58,62-65,67,71-72H,4-8,10-11,13-15,17,20,22-24,29-34,36-38,40-44,46-47,49-57H2,1-3H3,(H,73,74)/b12-9-,19-16-,21-18-,27-25-,28-26-,39-35-,48-45-. The largest absolute Gasteiger partial charge is 0.479 e. The molecule has 0 radical (unpaired) electrons. The molecule has 0 aliphatic carbocycles. The van der Waals surface area contributed by atoms with Crippen LogP contribution < -0.4 is 0 Å². The highest BCUT2D eigenvalue weighted by Crippen LogP contribution is 2.26. The van der Waals surface area contributed by atoms with Crippen molar-refractivity contribution in [2.45, 2.75) is 302 Å². The molecule has 0 aromatic carbocycles. The molecule has 0 bridgehead atoms. The van der Waals surface area contributed by atoms with Crippen molar-refractivity contribution in [3.05, 3.63) is 85.1 Å². The Morgan fingerprint density at radius 2 is 0.823 bits per heavy atom. The topological polar surface area (TPSA) is 175 Å². The SMILES string of the molecule is CC/C=C\C/C=C\C/C=C\C/C=C\CCC(=O)OC(COC(=O)CCCCCCCCCCC/C=C\C/C=C\CCCCC)COC1OC(C(=O)O)C(O)C(O)C1OC(=O)CCCCCCCCC/C=C\CCCCCCCC. The number of ether oxygens (including phenoxy) is 5. The molecule has 79 heavy (non-hydrogen) atoms. The highest BCUT2D eigenvalue weighted by atomic mass is 16.7. The van der Waals surface area contributed by atoms with E-state index in [-0.39, 0.29) is 25.9 Å². The van der Waals surface area contributed by atoms with Crippen LogP contribution in [0.2, 0.25) is 0 Å². The average Bonchev–Trinajstić information content (AvgIpc) is 3.44. The lowest BCUT2D eigenvalue weighted by Crippen LogP contribution is -2.61. The van der Waals surface area contributed by atoms with Gasteiger partial charge in [-0.05, 0) is 103 Å². The molecule has 12 nitrogen and oxygen atoms in total. The Kier molecular flexibility index (Phi) is 50.3. The van der Waals surface area contributed by atoms with E-state index in [2.05, 4.69) is 93.7 Å². The van der Waals surface area contributed by atoms with E-state index >= 15 is 0 Å². The lowest BCUT2D eigenvalue weighted by Gasteiger charge is -2.40. The van der Waals surface area contributed by atoms with Gasteiger partial charge in [-0.2, -0.15) is 0 Å². The fourth-order valence-electron chi connectivity index (χ4n) is 9.11. The third-order valence-corrected chi connectivity index (χ3v) is 13.9. The van der Waals surface area contributed by atoms with Gasteiger partial charge in [0.2, 0.25) is 0 Å². The number of aliphatic hydroxyl groups is 2. The van der Waals surface area contributed by atoms with Crippen LogP contribution in [0.3, 0.4) is 0 Å². The second-order valence-corrected chi connectivity index (χ2v) is 21.3. The van der Waals surface area contributed by atoms with Crippen LogP contribution in [-0.2, 0) is 42.9 Å². The molecule has 6 unspecified atom stereocenters. The third-order valence-electron chi connectivity index (χ3n) is 13.9. The van der Waals surface area contributed by atoms with Gasteiger partial charge in [0.15, 0.2) is 24.6 Å². The number of carbonyl (C=O) groups is 4. The highest BCUT2D eigenvalue weighted by Gasteiger charge is 2.50. The number of carbonyl (C=O) groups excluding carboxylic acids is 3.